The predicted octanol–water partition coefficient (Wildman–Crippen LogP) is 6.14. The molecule has 1 aliphatic heterocycles. The summed E-state index contributed by atoms with van der Waals surface area (Å²) in [4.78, 5) is 4.73. The van der Waals surface area contributed by atoms with Crippen LogP contribution in [0.1, 0.15) is 98.3 Å². The van der Waals surface area contributed by atoms with Crippen molar-refractivity contribution >= 4 is 5.90 Å². The summed E-state index contributed by atoms with van der Waals surface area (Å²) in [6.07, 6.45) is 14.9. The second kappa shape index (κ2) is 10.2. The molecule has 0 N–H and O–H groups in total. The number of unbranched alkanes of at least 4 members (excludes halogenated alkanes) is 9. The summed E-state index contributed by atoms with van der Waals surface area (Å²) in [6.45, 7) is 9.80. The minimum atomic E-state index is 0.236. The van der Waals surface area contributed by atoms with Crippen LogP contribution in [-0.2, 0) is 4.74 Å². The Morgan fingerprint density at radius 2 is 1.43 bits per heavy atom. The summed E-state index contributed by atoms with van der Waals surface area (Å²) >= 11 is 0. The van der Waals surface area contributed by atoms with Gasteiger partial charge in [-0.2, -0.15) is 0 Å². The summed E-state index contributed by atoms with van der Waals surface area (Å²) in [7, 11) is 0. The monoisotopic (exact) mass is 295 g/mol. The molecule has 0 amide bonds. The molecule has 1 aliphatic rings. The van der Waals surface area contributed by atoms with Gasteiger partial charge >= 0.3 is 0 Å². The highest BCUT2D eigenvalue weighted by molar-refractivity contribution is 5.77. The number of hydrogen-bond donors (Lipinski definition) is 0. The molecule has 0 spiro atoms. The molecule has 0 aromatic carbocycles. The van der Waals surface area contributed by atoms with Crippen molar-refractivity contribution < 1.29 is 4.74 Å². The van der Waals surface area contributed by atoms with Gasteiger partial charge in [-0.3, -0.25) is 0 Å². The summed E-state index contributed by atoms with van der Waals surface area (Å²) in [6, 6.07) is 0.357. The summed E-state index contributed by atoms with van der Waals surface area (Å²) in [5.74, 6) is 1.01. The molecular formula is C19H37NO. The van der Waals surface area contributed by atoms with Crippen molar-refractivity contribution in [2.75, 3.05) is 6.61 Å². The van der Waals surface area contributed by atoms with E-state index in [1.165, 1.54) is 64.2 Å². The van der Waals surface area contributed by atoms with E-state index >= 15 is 0 Å². The van der Waals surface area contributed by atoms with Crippen molar-refractivity contribution in [3.05, 3.63) is 0 Å². The fourth-order valence-corrected chi connectivity index (χ4v) is 2.77. The SMILES string of the molecule is CCCCCCCCCCCCC1=NC(C(C)(C)C)CO1. The third-order valence-electron chi connectivity index (χ3n) is 4.45. The van der Waals surface area contributed by atoms with Crippen molar-refractivity contribution in [3.8, 4) is 0 Å². The van der Waals surface area contributed by atoms with E-state index in [1.807, 2.05) is 0 Å². The lowest BCUT2D eigenvalue weighted by Crippen LogP contribution is -2.25. The molecule has 0 aromatic heterocycles. The molecule has 0 aromatic rings. The highest BCUT2D eigenvalue weighted by Gasteiger charge is 2.29. The zero-order valence-electron chi connectivity index (χ0n) is 14.9. The molecule has 21 heavy (non-hydrogen) atoms. The first-order valence-electron chi connectivity index (χ1n) is 9.23. The lowest BCUT2D eigenvalue weighted by molar-refractivity contribution is 0.232. The van der Waals surface area contributed by atoms with Crippen LogP contribution in [-0.4, -0.2) is 18.5 Å². The van der Waals surface area contributed by atoms with Crippen molar-refractivity contribution in [2.24, 2.45) is 10.4 Å². The van der Waals surface area contributed by atoms with Crippen molar-refractivity contribution in [1.29, 1.82) is 0 Å². The molecule has 0 saturated heterocycles. The highest BCUT2D eigenvalue weighted by atomic mass is 16.5. The normalized spacial score (nSPS) is 18.7. The second-order valence-electron chi connectivity index (χ2n) is 7.65. The smallest absolute Gasteiger partial charge is 0.183 e. The topological polar surface area (TPSA) is 21.6 Å². The van der Waals surface area contributed by atoms with Gasteiger partial charge < -0.3 is 4.74 Å². The van der Waals surface area contributed by atoms with Crippen molar-refractivity contribution in [1.82, 2.24) is 0 Å². The Morgan fingerprint density at radius 1 is 0.905 bits per heavy atom. The number of ether oxygens (including phenoxy) is 1. The third kappa shape index (κ3) is 8.48. The van der Waals surface area contributed by atoms with Gasteiger partial charge in [0.05, 0.1) is 6.04 Å². The Bertz CT molecular complexity index is 290. The molecule has 1 rings (SSSR count). The van der Waals surface area contributed by atoms with Crippen LogP contribution >= 0.6 is 0 Å². The van der Waals surface area contributed by atoms with Gasteiger partial charge in [0.25, 0.3) is 0 Å². The molecule has 2 heteroatoms. The molecule has 1 heterocycles. The highest BCUT2D eigenvalue weighted by Crippen LogP contribution is 2.26. The molecule has 0 saturated carbocycles. The first-order chi connectivity index (χ1) is 10.0. The molecule has 1 atom stereocenters. The Balaban J connectivity index is 1.93. The maximum absolute atomic E-state index is 5.72. The fourth-order valence-electron chi connectivity index (χ4n) is 2.77. The van der Waals surface area contributed by atoms with E-state index in [0.717, 1.165) is 18.9 Å². The maximum atomic E-state index is 5.72. The van der Waals surface area contributed by atoms with Crippen molar-refractivity contribution in [3.63, 3.8) is 0 Å². The van der Waals surface area contributed by atoms with Crippen LogP contribution in [0.2, 0.25) is 0 Å². The number of rotatable bonds is 11. The summed E-state index contributed by atoms with van der Waals surface area (Å²) in [5.41, 5.74) is 0.236. The number of nitrogens with zero attached hydrogens (tertiary/aromatic N) is 1. The average molecular weight is 296 g/mol. The van der Waals surface area contributed by atoms with Gasteiger partial charge in [0.15, 0.2) is 5.90 Å². The maximum Gasteiger partial charge on any atom is 0.183 e. The van der Waals surface area contributed by atoms with Crippen molar-refractivity contribution in [2.45, 2.75) is 104 Å². The molecule has 0 aliphatic carbocycles. The van der Waals surface area contributed by atoms with Gasteiger partial charge in [-0.05, 0) is 11.8 Å². The van der Waals surface area contributed by atoms with Gasteiger partial charge in [-0.25, -0.2) is 4.99 Å². The van der Waals surface area contributed by atoms with Crippen LogP contribution in [0, 0.1) is 5.41 Å². The lowest BCUT2D eigenvalue weighted by atomic mass is 9.88. The van der Waals surface area contributed by atoms with Crippen LogP contribution in [0.15, 0.2) is 4.99 Å². The number of aliphatic imine (C=N–C) groups is 1. The van der Waals surface area contributed by atoms with E-state index in [-0.39, 0.29) is 5.41 Å². The first kappa shape index (κ1) is 18.5. The quantitative estimate of drug-likeness (QED) is 0.419. The molecule has 2 nitrogen and oxygen atoms in total. The molecule has 0 bridgehead atoms. The van der Waals surface area contributed by atoms with E-state index in [0.29, 0.717) is 6.04 Å². The molecule has 0 radical (unpaired) electrons. The Kier molecular flexibility index (Phi) is 9.03. The average Bonchev–Trinajstić information content (AvgIpc) is 2.90. The van der Waals surface area contributed by atoms with E-state index in [1.54, 1.807) is 0 Å². The summed E-state index contributed by atoms with van der Waals surface area (Å²) < 4.78 is 5.72. The Hall–Kier alpha value is -0.530. The largest absolute Gasteiger partial charge is 0.479 e. The molecule has 1 unspecified atom stereocenters. The standard InChI is InChI=1S/C19H37NO/c1-5-6-7-8-9-10-11-12-13-14-15-18-20-17(16-21-18)19(2,3)4/h17H,5-16H2,1-4H3. The van der Waals surface area contributed by atoms with E-state index in [2.05, 4.69) is 27.7 Å². The van der Waals surface area contributed by atoms with E-state index in [9.17, 15) is 0 Å². The second-order valence-corrected chi connectivity index (χ2v) is 7.65. The minimum absolute atomic E-state index is 0.236. The van der Waals surface area contributed by atoms with E-state index < -0.39 is 0 Å². The molecule has 0 fully saturated rings. The fraction of sp³-hybridized carbons (Fsp3) is 0.947. The van der Waals surface area contributed by atoms with Crippen LogP contribution < -0.4 is 0 Å². The predicted molar refractivity (Wildman–Crippen MR) is 93.1 cm³/mol. The van der Waals surface area contributed by atoms with Crippen LogP contribution in [0.25, 0.3) is 0 Å². The van der Waals surface area contributed by atoms with Gasteiger partial charge in [-0.1, -0.05) is 85.5 Å². The van der Waals surface area contributed by atoms with Crippen LogP contribution in [0.4, 0.5) is 0 Å². The Morgan fingerprint density at radius 3 is 1.90 bits per heavy atom. The first-order valence-corrected chi connectivity index (χ1v) is 9.23. The van der Waals surface area contributed by atoms with Gasteiger partial charge in [0.2, 0.25) is 0 Å². The van der Waals surface area contributed by atoms with E-state index in [4.69, 9.17) is 9.73 Å². The number of hydrogen-bond acceptors (Lipinski definition) is 2. The minimum Gasteiger partial charge on any atom is -0.479 e. The van der Waals surface area contributed by atoms with Gasteiger partial charge in [0.1, 0.15) is 6.61 Å². The van der Waals surface area contributed by atoms with Gasteiger partial charge in [0, 0.05) is 6.42 Å². The Labute approximate surface area is 132 Å². The van der Waals surface area contributed by atoms with Gasteiger partial charge in [-0.15, -0.1) is 0 Å². The summed E-state index contributed by atoms with van der Waals surface area (Å²) in [5, 5.41) is 0. The third-order valence-corrected chi connectivity index (χ3v) is 4.45. The lowest BCUT2D eigenvalue weighted by Gasteiger charge is -2.21. The van der Waals surface area contributed by atoms with Crippen LogP contribution in [0.5, 0.6) is 0 Å². The molecular weight excluding hydrogens is 258 g/mol. The van der Waals surface area contributed by atoms with Crippen LogP contribution in [0.3, 0.4) is 0 Å². The molecule has 124 valence electrons. The zero-order chi connectivity index (χ0) is 15.6. The zero-order valence-corrected chi connectivity index (χ0v) is 14.9.